The summed E-state index contributed by atoms with van der Waals surface area (Å²) in [5.74, 6) is -1.83. The molecule has 0 spiro atoms. The maximum atomic E-state index is 13.0. The third kappa shape index (κ3) is 2.19. The van der Waals surface area contributed by atoms with Gasteiger partial charge in [-0.2, -0.15) is 0 Å². The lowest BCUT2D eigenvalue weighted by Crippen LogP contribution is -2.43. The minimum absolute atomic E-state index is 0.362. The maximum absolute atomic E-state index is 13.0. The second kappa shape index (κ2) is 4.81. The normalized spacial score (nSPS) is 39.3. The van der Waals surface area contributed by atoms with E-state index in [1.165, 1.54) is 0 Å². The highest BCUT2D eigenvalue weighted by Crippen LogP contribution is 2.38. The van der Waals surface area contributed by atoms with E-state index in [0.29, 0.717) is 0 Å². The molecule has 0 aliphatic heterocycles. The third-order valence-corrected chi connectivity index (χ3v) is 3.46. The van der Waals surface area contributed by atoms with E-state index in [2.05, 4.69) is 0 Å². The first kappa shape index (κ1) is 12.9. The highest BCUT2D eigenvalue weighted by atomic mass is 32.2. The van der Waals surface area contributed by atoms with Crippen LogP contribution >= 0.6 is 12.0 Å². The van der Waals surface area contributed by atoms with Crippen molar-refractivity contribution in [1.82, 2.24) is 0 Å². The number of allylic oxidation sites excluding steroid dienone is 2. The minimum atomic E-state index is -3.11. The molecular formula is C6H6F4O3S2. The number of hydrogen-bond donors (Lipinski definition) is 2. The fraction of sp³-hybridized carbons (Fsp3) is 0.667. The molecule has 88 valence electrons. The lowest BCUT2D eigenvalue weighted by molar-refractivity contribution is 0.134. The number of hydrogen-bond acceptors (Lipinski definition) is 3. The lowest BCUT2D eigenvalue weighted by Gasteiger charge is -2.29. The van der Waals surface area contributed by atoms with E-state index in [-0.39, 0.29) is 12.0 Å². The van der Waals surface area contributed by atoms with Crippen molar-refractivity contribution < 1.29 is 30.9 Å². The zero-order valence-corrected chi connectivity index (χ0v) is 8.57. The maximum Gasteiger partial charge on any atom is 0.188 e. The van der Waals surface area contributed by atoms with Crippen molar-refractivity contribution in [2.45, 2.75) is 23.8 Å². The molecule has 0 aromatic carbocycles. The zero-order chi connectivity index (χ0) is 11.7. The molecule has 0 amide bonds. The van der Waals surface area contributed by atoms with Gasteiger partial charge in [0.05, 0.1) is 0 Å². The van der Waals surface area contributed by atoms with Gasteiger partial charge in [0.1, 0.15) is 10.2 Å². The molecule has 1 rings (SSSR count). The van der Waals surface area contributed by atoms with Gasteiger partial charge >= 0.3 is 0 Å². The van der Waals surface area contributed by atoms with Crippen LogP contribution in [0.1, 0.15) is 0 Å². The van der Waals surface area contributed by atoms with Gasteiger partial charge in [-0.3, -0.25) is 0 Å². The molecule has 0 bridgehead atoms. The molecule has 0 radical (unpaired) electrons. The number of rotatable bonds is 2. The molecule has 1 aliphatic carbocycles. The summed E-state index contributed by atoms with van der Waals surface area (Å²) in [5, 5.41) is -1.97. The van der Waals surface area contributed by atoms with E-state index in [1.807, 2.05) is 0 Å². The first-order valence-electron chi connectivity index (χ1n) is 3.64. The summed E-state index contributed by atoms with van der Waals surface area (Å²) in [4.78, 5) is -1.44. The van der Waals surface area contributed by atoms with Crippen LogP contribution in [0, 0.1) is 0 Å². The van der Waals surface area contributed by atoms with Crippen LogP contribution < -0.4 is 0 Å². The monoisotopic (exact) mass is 266 g/mol. The zero-order valence-electron chi connectivity index (χ0n) is 6.94. The summed E-state index contributed by atoms with van der Waals surface area (Å²) in [6, 6.07) is 0. The Morgan fingerprint density at radius 3 is 2.20 bits per heavy atom. The van der Waals surface area contributed by atoms with Crippen molar-refractivity contribution in [1.29, 1.82) is 0 Å². The van der Waals surface area contributed by atoms with Crippen LogP contribution in [-0.4, -0.2) is 37.1 Å². The molecule has 2 N–H and O–H groups in total. The summed E-state index contributed by atoms with van der Waals surface area (Å²) >= 11 is -3.47. The molecule has 5 atom stereocenters. The predicted octanol–water partition coefficient (Wildman–Crippen LogP) is 1.99. The van der Waals surface area contributed by atoms with Crippen molar-refractivity contribution in [2.75, 3.05) is 0 Å². The van der Waals surface area contributed by atoms with E-state index in [9.17, 15) is 21.8 Å². The van der Waals surface area contributed by atoms with Gasteiger partial charge < -0.3 is 9.11 Å². The molecule has 9 heteroatoms. The van der Waals surface area contributed by atoms with Gasteiger partial charge in [0.25, 0.3) is 0 Å². The van der Waals surface area contributed by atoms with Crippen LogP contribution in [0.2, 0.25) is 0 Å². The summed E-state index contributed by atoms with van der Waals surface area (Å²) in [5.41, 5.74) is 0. The molecule has 0 heterocycles. The number of halogens is 4. The van der Waals surface area contributed by atoms with Gasteiger partial charge in [-0.05, 0) is 12.0 Å². The Morgan fingerprint density at radius 2 is 1.80 bits per heavy atom. The SMILES string of the molecule is O=S(O)C1=C(F)C(F)C(SO)C(F)C1F. The van der Waals surface area contributed by atoms with Crippen molar-refractivity contribution in [3.8, 4) is 0 Å². The first-order chi connectivity index (χ1) is 6.91. The molecule has 3 nitrogen and oxygen atoms in total. The average molecular weight is 266 g/mol. The summed E-state index contributed by atoms with van der Waals surface area (Å²) in [6.07, 6.45) is -7.93. The van der Waals surface area contributed by atoms with Crippen molar-refractivity contribution in [3.05, 3.63) is 10.7 Å². The van der Waals surface area contributed by atoms with Crippen LogP contribution in [0.3, 0.4) is 0 Å². The standard InChI is InChI=1S/C6H6F4O3S2/c7-1-3(9)6(15(12)13)4(10)2(8)5(1)14-11/h1-3,5,11H,(H,12,13). The fourth-order valence-electron chi connectivity index (χ4n) is 1.18. The van der Waals surface area contributed by atoms with Crippen LogP contribution in [0.5, 0.6) is 0 Å². The average Bonchev–Trinajstić information content (AvgIpc) is 2.16. The second-order valence-electron chi connectivity index (χ2n) is 2.78. The van der Waals surface area contributed by atoms with Crippen LogP contribution in [0.15, 0.2) is 10.7 Å². The number of alkyl halides is 3. The van der Waals surface area contributed by atoms with Gasteiger partial charge in [0.15, 0.2) is 35.4 Å². The van der Waals surface area contributed by atoms with Crippen molar-refractivity contribution in [3.63, 3.8) is 0 Å². The molecule has 0 saturated heterocycles. The van der Waals surface area contributed by atoms with Crippen molar-refractivity contribution in [2.24, 2.45) is 0 Å². The van der Waals surface area contributed by atoms with Crippen LogP contribution in [0.4, 0.5) is 17.6 Å². The topological polar surface area (TPSA) is 57.5 Å². The molecule has 15 heavy (non-hydrogen) atoms. The first-order valence-corrected chi connectivity index (χ1v) is 5.59. The second-order valence-corrected chi connectivity index (χ2v) is 4.47. The van der Waals surface area contributed by atoms with E-state index < -0.39 is 45.6 Å². The Bertz CT molecular complexity index is 311. The van der Waals surface area contributed by atoms with E-state index >= 15 is 0 Å². The minimum Gasteiger partial charge on any atom is -0.330 e. The van der Waals surface area contributed by atoms with Gasteiger partial charge in [0, 0.05) is 0 Å². The predicted molar refractivity (Wildman–Crippen MR) is 47.6 cm³/mol. The molecule has 0 aromatic rings. The fourth-order valence-corrected chi connectivity index (χ4v) is 2.26. The van der Waals surface area contributed by atoms with E-state index in [4.69, 9.17) is 9.11 Å². The lowest BCUT2D eigenvalue weighted by atomic mass is 10.0. The molecule has 0 fully saturated rings. The van der Waals surface area contributed by atoms with Gasteiger partial charge in [-0.1, -0.05) is 0 Å². The Balaban J connectivity index is 3.16. The molecule has 1 aliphatic rings. The largest absolute Gasteiger partial charge is 0.330 e. The van der Waals surface area contributed by atoms with E-state index in [0.717, 1.165) is 0 Å². The van der Waals surface area contributed by atoms with Gasteiger partial charge in [0.2, 0.25) is 0 Å². The highest BCUT2D eigenvalue weighted by molar-refractivity contribution is 7.94. The Morgan fingerprint density at radius 1 is 1.27 bits per heavy atom. The van der Waals surface area contributed by atoms with Gasteiger partial charge in [-0.25, -0.2) is 21.8 Å². The Hall–Kier alpha value is -0.120. The van der Waals surface area contributed by atoms with Crippen LogP contribution in [0.25, 0.3) is 0 Å². The summed E-state index contributed by atoms with van der Waals surface area (Å²) in [6.45, 7) is 0. The quantitative estimate of drug-likeness (QED) is 0.456. The van der Waals surface area contributed by atoms with Crippen molar-refractivity contribution >= 4 is 23.1 Å². The molecular weight excluding hydrogens is 260 g/mol. The van der Waals surface area contributed by atoms with Gasteiger partial charge in [-0.15, -0.1) is 0 Å². The van der Waals surface area contributed by atoms with E-state index in [1.54, 1.807) is 0 Å². The molecule has 5 unspecified atom stereocenters. The Kier molecular flexibility index (Phi) is 4.15. The molecule has 0 aromatic heterocycles. The molecule has 0 saturated carbocycles. The van der Waals surface area contributed by atoms with Crippen LogP contribution in [-0.2, 0) is 11.1 Å². The Labute approximate surface area is 89.0 Å². The summed E-state index contributed by atoms with van der Waals surface area (Å²) < 4.78 is 79.4. The third-order valence-electron chi connectivity index (χ3n) is 1.92. The smallest absolute Gasteiger partial charge is 0.188 e. The summed E-state index contributed by atoms with van der Waals surface area (Å²) in [7, 11) is 0. The highest BCUT2D eigenvalue weighted by Gasteiger charge is 2.48.